The molecule has 0 saturated carbocycles. The number of benzene rings is 3. The van der Waals surface area contributed by atoms with E-state index in [4.69, 9.17) is 9.47 Å². The normalized spacial score (nSPS) is 17.3. The summed E-state index contributed by atoms with van der Waals surface area (Å²) in [6, 6.07) is 23.9. The summed E-state index contributed by atoms with van der Waals surface area (Å²) in [5.74, 6) is -0.407. The number of hydrogen-bond donors (Lipinski definition) is 1. The van der Waals surface area contributed by atoms with Gasteiger partial charge in [-0.15, -0.1) is 0 Å². The highest BCUT2D eigenvalue weighted by atomic mass is 16.5. The minimum atomic E-state index is -1.01. The van der Waals surface area contributed by atoms with E-state index in [1.54, 1.807) is 19.1 Å². The van der Waals surface area contributed by atoms with E-state index < -0.39 is 12.2 Å². The molecule has 2 amide bonds. The zero-order valence-corrected chi connectivity index (χ0v) is 20.2. The second kappa shape index (κ2) is 11.3. The second-order valence-electron chi connectivity index (χ2n) is 9.00. The number of ether oxygens (including phenoxy) is 2. The van der Waals surface area contributed by atoms with Gasteiger partial charge in [0, 0.05) is 39.7 Å². The van der Waals surface area contributed by atoms with Crippen LogP contribution in [-0.4, -0.2) is 73.4 Å². The van der Waals surface area contributed by atoms with Crippen LogP contribution in [-0.2, 0) is 14.3 Å². The Labute approximate surface area is 205 Å². The number of rotatable bonds is 9. The molecule has 35 heavy (non-hydrogen) atoms. The minimum absolute atomic E-state index is 0.0541. The Hall–Kier alpha value is -3.42. The zero-order valence-electron chi connectivity index (χ0n) is 20.2. The average Bonchev–Trinajstić information content (AvgIpc) is 3.38. The third-order valence-electron chi connectivity index (χ3n) is 6.71. The number of carbonyl (C=O) groups is 2. The van der Waals surface area contributed by atoms with Gasteiger partial charge in [0.1, 0.15) is 6.61 Å². The lowest BCUT2D eigenvalue weighted by Crippen LogP contribution is -2.36. The van der Waals surface area contributed by atoms with Crippen molar-refractivity contribution in [2.75, 3.05) is 40.4 Å². The zero-order chi connectivity index (χ0) is 24.8. The first kappa shape index (κ1) is 24.7. The molecule has 3 aromatic carbocycles. The van der Waals surface area contributed by atoms with Gasteiger partial charge in [0.05, 0.1) is 12.2 Å². The molecule has 4 rings (SSSR count). The van der Waals surface area contributed by atoms with Crippen LogP contribution >= 0.6 is 0 Å². The third kappa shape index (κ3) is 5.99. The Morgan fingerprint density at radius 3 is 2.43 bits per heavy atom. The molecule has 1 heterocycles. The van der Waals surface area contributed by atoms with Crippen LogP contribution in [0.2, 0.25) is 0 Å². The molecular formula is C28H32N2O5. The van der Waals surface area contributed by atoms with E-state index >= 15 is 0 Å². The van der Waals surface area contributed by atoms with Crippen molar-refractivity contribution in [2.45, 2.75) is 24.5 Å². The van der Waals surface area contributed by atoms with Crippen LogP contribution in [0.5, 0.6) is 0 Å². The maximum Gasteiger partial charge on any atom is 0.407 e. The van der Waals surface area contributed by atoms with E-state index in [0.29, 0.717) is 13.1 Å². The number of likely N-dealkylation sites (N-methyl/N-ethyl adjacent to an activating group) is 1. The van der Waals surface area contributed by atoms with Crippen molar-refractivity contribution in [2.24, 2.45) is 0 Å². The van der Waals surface area contributed by atoms with Crippen LogP contribution in [0.25, 0.3) is 10.8 Å². The second-order valence-corrected chi connectivity index (χ2v) is 9.00. The van der Waals surface area contributed by atoms with E-state index in [2.05, 4.69) is 6.07 Å². The van der Waals surface area contributed by atoms with Gasteiger partial charge in [0.2, 0.25) is 5.91 Å². The maximum absolute atomic E-state index is 12.9. The summed E-state index contributed by atoms with van der Waals surface area (Å²) < 4.78 is 11.7. The van der Waals surface area contributed by atoms with Gasteiger partial charge in [-0.3, -0.25) is 4.79 Å². The number of likely N-dealkylation sites (tertiary alicyclic amines) is 1. The summed E-state index contributed by atoms with van der Waals surface area (Å²) in [6.45, 7) is 1.34. The number of amides is 2. The molecular weight excluding hydrogens is 444 g/mol. The SMILES string of the molecule is COC1CCN(C(=O)CO[C@H](c2ccccc2)[C@H](CN(C)C(=O)O)c2ccc3ccccc3c2)C1. The van der Waals surface area contributed by atoms with Crippen LogP contribution in [0, 0.1) is 0 Å². The quantitative estimate of drug-likeness (QED) is 0.491. The predicted molar refractivity (Wildman–Crippen MR) is 134 cm³/mol. The molecule has 3 atom stereocenters. The van der Waals surface area contributed by atoms with Crippen molar-refractivity contribution in [3.8, 4) is 0 Å². The molecule has 3 aromatic rings. The van der Waals surface area contributed by atoms with Gasteiger partial charge >= 0.3 is 6.09 Å². The molecule has 7 nitrogen and oxygen atoms in total. The van der Waals surface area contributed by atoms with Gasteiger partial charge in [0.25, 0.3) is 0 Å². The Bertz CT molecular complexity index is 1150. The van der Waals surface area contributed by atoms with Gasteiger partial charge in [-0.1, -0.05) is 72.8 Å². The van der Waals surface area contributed by atoms with Gasteiger partial charge in [-0.25, -0.2) is 4.79 Å². The first-order chi connectivity index (χ1) is 17.0. The molecule has 0 radical (unpaired) electrons. The molecule has 0 aromatic heterocycles. The first-order valence-corrected chi connectivity index (χ1v) is 11.9. The van der Waals surface area contributed by atoms with Crippen molar-refractivity contribution in [3.63, 3.8) is 0 Å². The van der Waals surface area contributed by atoms with Crippen molar-refractivity contribution < 1.29 is 24.2 Å². The van der Waals surface area contributed by atoms with E-state index in [0.717, 1.165) is 28.3 Å². The van der Waals surface area contributed by atoms with Gasteiger partial charge < -0.3 is 24.4 Å². The number of nitrogens with zero attached hydrogens (tertiary/aromatic N) is 2. The molecule has 1 unspecified atom stereocenters. The fourth-order valence-electron chi connectivity index (χ4n) is 4.67. The van der Waals surface area contributed by atoms with Gasteiger partial charge in [-0.05, 0) is 28.3 Å². The summed E-state index contributed by atoms with van der Waals surface area (Å²) in [4.78, 5) is 27.7. The van der Waals surface area contributed by atoms with Crippen LogP contribution < -0.4 is 0 Å². The topological polar surface area (TPSA) is 79.3 Å². The molecule has 0 aliphatic carbocycles. The Morgan fingerprint density at radius 1 is 1.03 bits per heavy atom. The monoisotopic (exact) mass is 476 g/mol. The van der Waals surface area contributed by atoms with Crippen molar-refractivity contribution >= 4 is 22.8 Å². The fraction of sp³-hybridized carbons (Fsp3) is 0.357. The smallest absolute Gasteiger partial charge is 0.407 e. The number of fused-ring (bicyclic) bond motifs is 1. The molecule has 1 saturated heterocycles. The summed E-state index contributed by atoms with van der Waals surface area (Å²) in [7, 11) is 3.21. The summed E-state index contributed by atoms with van der Waals surface area (Å²) in [6.07, 6.45) is -0.656. The standard InChI is InChI=1S/C28H32N2O5/c1-29(28(32)33)18-25(23-13-12-20-8-6-7-11-22(20)16-23)27(21-9-4-3-5-10-21)35-19-26(31)30-15-14-24(17-30)34-2/h3-13,16,24-25,27H,14-15,17-19H2,1-2H3,(H,32,33)/t24?,25-,27-/m1/s1. The lowest BCUT2D eigenvalue weighted by atomic mass is 9.87. The van der Waals surface area contributed by atoms with E-state index in [-0.39, 0.29) is 31.1 Å². The molecule has 1 aliphatic heterocycles. The van der Waals surface area contributed by atoms with E-state index in [9.17, 15) is 14.7 Å². The first-order valence-electron chi connectivity index (χ1n) is 11.9. The van der Waals surface area contributed by atoms with Gasteiger partial charge in [-0.2, -0.15) is 0 Å². The highest BCUT2D eigenvalue weighted by Gasteiger charge is 2.31. The fourth-order valence-corrected chi connectivity index (χ4v) is 4.67. The van der Waals surface area contributed by atoms with Crippen LogP contribution in [0.1, 0.15) is 29.6 Å². The average molecular weight is 477 g/mol. The number of methoxy groups -OCH3 is 1. The van der Waals surface area contributed by atoms with Crippen molar-refractivity contribution in [3.05, 3.63) is 83.9 Å². The molecule has 1 N–H and O–H groups in total. The van der Waals surface area contributed by atoms with E-state index in [1.165, 1.54) is 4.90 Å². The van der Waals surface area contributed by atoms with Crippen molar-refractivity contribution in [1.82, 2.24) is 9.80 Å². The summed E-state index contributed by atoms with van der Waals surface area (Å²) in [5, 5.41) is 11.8. The Morgan fingerprint density at radius 2 is 1.74 bits per heavy atom. The maximum atomic E-state index is 12.9. The van der Waals surface area contributed by atoms with Crippen LogP contribution in [0.15, 0.2) is 72.8 Å². The lowest BCUT2D eigenvalue weighted by Gasteiger charge is -2.31. The lowest BCUT2D eigenvalue weighted by molar-refractivity contribution is -0.138. The largest absolute Gasteiger partial charge is 0.465 e. The minimum Gasteiger partial charge on any atom is -0.465 e. The molecule has 184 valence electrons. The van der Waals surface area contributed by atoms with Crippen molar-refractivity contribution in [1.29, 1.82) is 0 Å². The van der Waals surface area contributed by atoms with E-state index in [1.807, 2.05) is 66.7 Å². The highest BCUT2D eigenvalue weighted by Crippen LogP contribution is 2.36. The molecule has 1 aliphatic rings. The molecule has 0 spiro atoms. The Kier molecular flexibility index (Phi) is 8.00. The predicted octanol–water partition coefficient (Wildman–Crippen LogP) is 4.54. The number of carbonyl (C=O) groups excluding carboxylic acids is 1. The molecule has 0 bridgehead atoms. The van der Waals surface area contributed by atoms with Gasteiger partial charge in [0.15, 0.2) is 0 Å². The summed E-state index contributed by atoms with van der Waals surface area (Å²) in [5.41, 5.74) is 1.85. The van der Waals surface area contributed by atoms with Crippen LogP contribution in [0.4, 0.5) is 4.79 Å². The number of hydrogen-bond acceptors (Lipinski definition) is 4. The third-order valence-corrected chi connectivity index (χ3v) is 6.71. The Balaban J connectivity index is 1.65. The highest BCUT2D eigenvalue weighted by molar-refractivity contribution is 5.83. The van der Waals surface area contributed by atoms with Crippen LogP contribution in [0.3, 0.4) is 0 Å². The molecule has 7 heteroatoms. The molecule has 1 fully saturated rings. The number of carboxylic acid groups (broad SMARTS) is 1. The summed E-state index contributed by atoms with van der Waals surface area (Å²) >= 11 is 0.